The summed E-state index contributed by atoms with van der Waals surface area (Å²) in [6, 6.07) is 20.1. The van der Waals surface area contributed by atoms with Gasteiger partial charge in [-0.15, -0.1) is 5.10 Å². The molecule has 0 saturated carbocycles. The van der Waals surface area contributed by atoms with E-state index < -0.39 is 23.4 Å². The second-order valence-corrected chi connectivity index (χ2v) is 14.4. The molecular formula is C45H62N4O6. The van der Waals surface area contributed by atoms with E-state index in [0.717, 1.165) is 32.1 Å². The molecule has 0 aliphatic rings. The SMILES string of the molecule is CCCCCCCCCCCCCCOC(=O)c1cccc(NC(=O)C(OC)(C(=O)c2ccccc2)n2nnc3cc(OCCCCCCCC)ccc32)c1. The Balaban J connectivity index is 1.38. The number of ether oxygens (including phenoxy) is 3. The molecule has 55 heavy (non-hydrogen) atoms. The minimum Gasteiger partial charge on any atom is -0.494 e. The first-order chi connectivity index (χ1) is 26.9. The molecule has 0 radical (unpaired) electrons. The lowest BCUT2D eigenvalue weighted by molar-refractivity contribution is -0.143. The van der Waals surface area contributed by atoms with Crippen molar-refractivity contribution >= 4 is 34.4 Å². The van der Waals surface area contributed by atoms with Gasteiger partial charge in [0, 0.05) is 24.4 Å². The van der Waals surface area contributed by atoms with Crippen molar-refractivity contribution in [1.82, 2.24) is 15.0 Å². The smallest absolute Gasteiger partial charge is 0.338 e. The van der Waals surface area contributed by atoms with Gasteiger partial charge >= 0.3 is 11.7 Å². The van der Waals surface area contributed by atoms with Crippen LogP contribution in [0.5, 0.6) is 5.75 Å². The lowest BCUT2D eigenvalue weighted by Crippen LogP contribution is -2.54. The molecule has 4 aromatic rings. The number of benzene rings is 3. The number of carbonyl (C=O) groups excluding carboxylic acids is 3. The summed E-state index contributed by atoms with van der Waals surface area (Å²) in [4.78, 5) is 41.7. The highest BCUT2D eigenvalue weighted by molar-refractivity contribution is 6.18. The van der Waals surface area contributed by atoms with Crippen LogP contribution in [0.25, 0.3) is 11.0 Å². The summed E-state index contributed by atoms with van der Waals surface area (Å²) in [7, 11) is 1.29. The van der Waals surface area contributed by atoms with Crippen molar-refractivity contribution < 1.29 is 28.6 Å². The van der Waals surface area contributed by atoms with Crippen LogP contribution < -0.4 is 10.1 Å². The minimum atomic E-state index is -2.28. The lowest BCUT2D eigenvalue weighted by atomic mass is 9.98. The van der Waals surface area contributed by atoms with Crippen molar-refractivity contribution in [1.29, 1.82) is 0 Å². The van der Waals surface area contributed by atoms with Crippen LogP contribution in [0.15, 0.2) is 72.8 Å². The van der Waals surface area contributed by atoms with Crippen LogP contribution in [0.4, 0.5) is 5.69 Å². The molecule has 1 atom stereocenters. The number of rotatable bonds is 28. The quantitative estimate of drug-likeness (QED) is 0.0263. The Bertz CT molecular complexity index is 1740. The van der Waals surface area contributed by atoms with Crippen molar-refractivity contribution in [3.8, 4) is 5.75 Å². The van der Waals surface area contributed by atoms with Gasteiger partial charge in [0.05, 0.1) is 24.3 Å². The summed E-state index contributed by atoms with van der Waals surface area (Å²) in [5, 5.41) is 11.4. The first-order valence-corrected chi connectivity index (χ1v) is 20.7. The molecule has 1 aromatic heterocycles. The third-order valence-corrected chi connectivity index (χ3v) is 10.0. The van der Waals surface area contributed by atoms with Gasteiger partial charge in [-0.2, -0.15) is 4.68 Å². The number of Topliss-reactive ketones (excluding diaryl/α,β-unsaturated/α-hetero) is 1. The van der Waals surface area contributed by atoms with Crippen LogP contribution in [0.1, 0.15) is 150 Å². The number of nitrogens with one attached hydrogen (secondary N) is 1. The number of nitrogens with zero attached hydrogens (tertiary/aromatic N) is 3. The molecule has 10 nitrogen and oxygen atoms in total. The van der Waals surface area contributed by atoms with E-state index in [2.05, 4.69) is 29.5 Å². The minimum absolute atomic E-state index is 0.247. The topological polar surface area (TPSA) is 122 Å². The third-order valence-electron chi connectivity index (χ3n) is 10.0. The zero-order valence-corrected chi connectivity index (χ0v) is 33.4. The van der Waals surface area contributed by atoms with Gasteiger partial charge in [-0.05, 0) is 43.2 Å². The number of methoxy groups -OCH3 is 1. The number of aromatic nitrogens is 3. The Hall–Kier alpha value is -4.57. The van der Waals surface area contributed by atoms with Crippen LogP contribution in [0.2, 0.25) is 0 Å². The fraction of sp³-hybridized carbons (Fsp3) is 0.533. The maximum Gasteiger partial charge on any atom is 0.338 e. The zero-order valence-electron chi connectivity index (χ0n) is 33.4. The van der Waals surface area contributed by atoms with Crippen LogP contribution in [-0.2, 0) is 20.0 Å². The van der Waals surface area contributed by atoms with Gasteiger partial charge in [-0.1, -0.05) is 158 Å². The van der Waals surface area contributed by atoms with Crippen LogP contribution >= 0.6 is 0 Å². The highest BCUT2D eigenvalue weighted by atomic mass is 16.5. The van der Waals surface area contributed by atoms with E-state index in [1.807, 2.05) is 0 Å². The summed E-state index contributed by atoms with van der Waals surface area (Å²) >= 11 is 0. The molecule has 0 bridgehead atoms. The predicted octanol–water partition coefficient (Wildman–Crippen LogP) is 10.8. The first-order valence-electron chi connectivity index (χ1n) is 20.7. The molecular weight excluding hydrogens is 693 g/mol. The summed E-state index contributed by atoms with van der Waals surface area (Å²) in [6.45, 7) is 5.36. The number of ketones is 1. The second kappa shape index (κ2) is 24.1. The molecule has 1 unspecified atom stereocenters. The molecule has 10 heteroatoms. The molecule has 0 aliphatic carbocycles. The molecule has 0 spiro atoms. The Kier molecular flexibility index (Phi) is 18.9. The molecule has 1 amide bonds. The lowest BCUT2D eigenvalue weighted by Gasteiger charge is -2.30. The number of esters is 1. The maximum atomic E-state index is 14.4. The fourth-order valence-electron chi connectivity index (χ4n) is 6.78. The highest BCUT2D eigenvalue weighted by Gasteiger charge is 2.51. The van der Waals surface area contributed by atoms with Gasteiger partial charge in [0.25, 0.3) is 5.91 Å². The van der Waals surface area contributed by atoms with Gasteiger partial charge in [-0.3, -0.25) is 9.59 Å². The van der Waals surface area contributed by atoms with Crippen molar-refractivity contribution in [3.63, 3.8) is 0 Å². The predicted molar refractivity (Wildman–Crippen MR) is 219 cm³/mol. The monoisotopic (exact) mass is 754 g/mol. The van der Waals surface area contributed by atoms with E-state index in [-0.39, 0.29) is 11.1 Å². The standard InChI is InChI=1S/C45H62N4O6/c1-4-6-8-10-12-13-14-15-16-17-19-24-33-55-43(51)37-28-25-29-38(34-37)46-44(52)45(53-3,42(50)36-26-21-20-22-27-36)49-41-31-30-39(35-40(41)47-48-49)54-32-23-18-11-9-7-5-2/h20-22,25-31,34-35H,4-19,23-24,32-33H2,1-3H3,(H,46,52). The highest BCUT2D eigenvalue weighted by Crippen LogP contribution is 2.30. The number of hydrogen-bond donors (Lipinski definition) is 1. The Morgan fingerprint density at radius 3 is 1.85 bits per heavy atom. The van der Waals surface area contributed by atoms with Crippen molar-refractivity contribution in [2.75, 3.05) is 25.6 Å². The molecule has 3 aromatic carbocycles. The summed E-state index contributed by atoms with van der Waals surface area (Å²) in [5.41, 5.74) is -0.605. The number of hydrogen-bond acceptors (Lipinski definition) is 8. The van der Waals surface area contributed by atoms with E-state index in [4.69, 9.17) is 14.2 Å². The molecule has 298 valence electrons. The van der Waals surface area contributed by atoms with E-state index >= 15 is 0 Å². The first kappa shape index (κ1) is 43.2. The zero-order chi connectivity index (χ0) is 39.1. The number of anilines is 1. The Labute approximate surface area is 327 Å². The van der Waals surface area contributed by atoms with Gasteiger partial charge in [0.1, 0.15) is 11.3 Å². The van der Waals surface area contributed by atoms with Gasteiger partial charge < -0.3 is 19.5 Å². The largest absolute Gasteiger partial charge is 0.494 e. The molecule has 4 rings (SSSR count). The summed E-state index contributed by atoms with van der Waals surface area (Å²) in [5.74, 6) is -1.30. The number of carbonyl (C=O) groups is 3. The van der Waals surface area contributed by atoms with Crippen LogP contribution in [0, 0.1) is 0 Å². The number of unbranched alkanes of at least 4 members (excludes halogenated alkanes) is 16. The van der Waals surface area contributed by atoms with Crippen molar-refractivity contribution in [3.05, 3.63) is 83.9 Å². The van der Waals surface area contributed by atoms with Crippen LogP contribution in [0.3, 0.4) is 0 Å². The Morgan fingerprint density at radius 2 is 1.24 bits per heavy atom. The van der Waals surface area contributed by atoms with Crippen LogP contribution in [-0.4, -0.2) is 53.0 Å². The van der Waals surface area contributed by atoms with Crippen molar-refractivity contribution in [2.45, 2.75) is 135 Å². The average Bonchev–Trinajstić information content (AvgIpc) is 3.63. The van der Waals surface area contributed by atoms with Gasteiger partial charge in [0.2, 0.25) is 5.78 Å². The molecule has 0 fully saturated rings. The number of amides is 1. The van der Waals surface area contributed by atoms with Gasteiger partial charge in [0.15, 0.2) is 0 Å². The normalized spacial score (nSPS) is 12.3. The summed E-state index contributed by atoms with van der Waals surface area (Å²) in [6.07, 6.45) is 21.7. The molecule has 0 saturated heterocycles. The fourth-order valence-corrected chi connectivity index (χ4v) is 6.78. The Morgan fingerprint density at radius 1 is 0.655 bits per heavy atom. The number of fused-ring (bicyclic) bond motifs is 1. The third kappa shape index (κ3) is 13.0. The molecule has 1 N–H and O–H groups in total. The maximum absolute atomic E-state index is 14.4. The average molecular weight is 755 g/mol. The van der Waals surface area contributed by atoms with E-state index in [1.54, 1.807) is 66.7 Å². The van der Waals surface area contributed by atoms with Gasteiger partial charge in [-0.25, -0.2) is 4.79 Å². The van der Waals surface area contributed by atoms with E-state index in [0.29, 0.717) is 35.7 Å². The van der Waals surface area contributed by atoms with E-state index in [9.17, 15) is 14.4 Å². The summed E-state index contributed by atoms with van der Waals surface area (Å²) < 4.78 is 18.6. The molecule has 1 heterocycles. The van der Waals surface area contributed by atoms with Crippen molar-refractivity contribution in [2.24, 2.45) is 0 Å². The second-order valence-electron chi connectivity index (χ2n) is 14.4. The van der Waals surface area contributed by atoms with E-state index in [1.165, 1.54) is 101 Å². The molecule has 0 aliphatic heterocycles.